The third-order valence-electron chi connectivity index (χ3n) is 4.06. The average molecular weight is 413 g/mol. The van der Waals surface area contributed by atoms with Crippen molar-refractivity contribution in [1.29, 1.82) is 0 Å². The van der Waals surface area contributed by atoms with Crippen molar-refractivity contribution >= 4 is 34.5 Å². The van der Waals surface area contributed by atoms with E-state index in [-0.39, 0.29) is 5.56 Å². The molecule has 136 valence electrons. The van der Waals surface area contributed by atoms with Crippen LogP contribution in [0.4, 0.5) is 17.6 Å². The molecule has 1 N–H and O–H groups in total. The highest BCUT2D eigenvalue weighted by molar-refractivity contribution is 7.16. The molecule has 1 atom stereocenters. The minimum Gasteiger partial charge on any atom is -0.314 e. The van der Waals surface area contributed by atoms with E-state index in [9.17, 15) is 17.6 Å². The molecule has 0 spiro atoms. The fourth-order valence-electron chi connectivity index (χ4n) is 2.92. The minimum atomic E-state index is -4.60. The minimum absolute atomic E-state index is 0.0831. The Labute approximate surface area is 156 Å². The molecule has 2 aromatic rings. The van der Waals surface area contributed by atoms with Crippen molar-refractivity contribution in [3.8, 4) is 0 Å². The number of halogens is 6. The highest BCUT2D eigenvalue weighted by atomic mass is 35.5. The summed E-state index contributed by atoms with van der Waals surface area (Å²) in [7, 11) is 0. The molecule has 1 saturated heterocycles. The molecule has 1 aromatic carbocycles. The second-order valence-corrected chi connectivity index (χ2v) is 7.84. The van der Waals surface area contributed by atoms with E-state index >= 15 is 0 Å². The van der Waals surface area contributed by atoms with Crippen LogP contribution in [0.5, 0.6) is 0 Å². The standard InChI is InChI=1S/C16H14Cl2F4N2S/c17-11-8-9(16(20,21)22)7-10(14(11)19)15(12-1-2-13(18)25-12)24-5-3-23-4-6-24/h1-2,7-8,15,23H,3-6H2/t15-/m0/s1. The van der Waals surface area contributed by atoms with Crippen LogP contribution >= 0.6 is 34.5 Å². The molecule has 0 unspecified atom stereocenters. The molecule has 0 amide bonds. The molecule has 1 fully saturated rings. The quantitative estimate of drug-likeness (QED) is 0.696. The van der Waals surface area contributed by atoms with Crippen LogP contribution in [0.2, 0.25) is 9.36 Å². The van der Waals surface area contributed by atoms with Crippen LogP contribution in [0.25, 0.3) is 0 Å². The highest BCUT2D eigenvalue weighted by Crippen LogP contribution is 2.41. The number of hydrogen-bond donors (Lipinski definition) is 1. The topological polar surface area (TPSA) is 15.3 Å². The Hall–Kier alpha value is -0.860. The number of piperazine rings is 1. The summed E-state index contributed by atoms with van der Waals surface area (Å²) in [6.07, 6.45) is -4.60. The Balaban J connectivity index is 2.13. The molecular weight excluding hydrogens is 399 g/mol. The normalized spacial score (nSPS) is 17.7. The zero-order valence-electron chi connectivity index (χ0n) is 12.8. The number of thiophene rings is 1. The first kappa shape index (κ1) is 18.9. The molecule has 9 heteroatoms. The van der Waals surface area contributed by atoms with Crippen molar-refractivity contribution in [2.24, 2.45) is 0 Å². The molecular formula is C16H14Cl2F4N2S. The van der Waals surface area contributed by atoms with Crippen molar-refractivity contribution in [2.45, 2.75) is 12.2 Å². The van der Waals surface area contributed by atoms with E-state index in [1.165, 1.54) is 11.3 Å². The lowest BCUT2D eigenvalue weighted by Crippen LogP contribution is -2.45. The van der Waals surface area contributed by atoms with Gasteiger partial charge in [0.1, 0.15) is 5.82 Å². The lowest BCUT2D eigenvalue weighted by molar-refractivity contribution is -0.137. The van der Waals surface area contributed by atoms with E-state index in [4.69, 9.17) is 23.2 Å². The van der Waals surface area contributed by atoms with E-state index in [0.29, 0.717) is 41.5 Å². The summed E-state index contributed by atoms with van der Waals surface area (Å²) in [5.41, 5.74) is -1.04. The summed E-state index contributed by atoms with van der Waals surface area (Å²) in [6, 6.07) is 4.18. The Morgan fingerprint density at radius 1 is 1.12 bits per heavy atom. The number of nitrogens with one attached hydrogen (secondary N) is 1. The SMILES string of the molecule is Fc1c(Cl)cc(C(F)(F)F)cc1[C@@H](c1ccc(Cl)s1)N1CCNCC1. The zero-order chi connectivity index (χ0) is 18.2. The van der Waals surface area contributed by atoms with Crippen molar-refractivity contribution in [3.05, 3.63) is 55.4 Å². The van der Waals surface area contributed by atoms with Gasteiger partial charge in [-0.05, 0) is 24.3 Å². The van der Waals surface area contributed by atoms with Crippen LogP contribution in [0.3, 0.4) is 0 Å². The largest absolute Gasteiger partial charge is 0.416 e. The van der Waals surface area contributed by atoms with Crippen LogP contribution in [-0.4, -0.2) is 31.1 Å². The van der Waals surface area contributed by atoms with Crippen molar-refractivity contribution in [2.75, 3.05) is 26.2 Å². The maximum Gasteiger partial charge on any atom is 0.416 e. The Bertz CT molecular complexity index is 757. The van der Waals surface area contributed by atoms with Gasteiger partial charge in [0.25, 0.3) is 0 Å². The van der Waals surface area contributed by atoms with Gasteiger partial charge in [0.05, 0.1) is 21.0 Å². The summed E-state index contributed by atoms with van der Waals surface area (Å²) >= 11 is 13.0. The van der Waals surface area contributed by atoms with Gasteiger partial charge < -0.3 is 5.32 Å². The van der Waals surface area contributed by atoms with Gasteiger partial charge in [-0.25, -0.2) is 4.39 Å². The Kier molecular flexibility index (Phi) is 5.60. The fourth-order valence-corrected chi connectivity index (χ4v) is 4.36. The Morgan fingerprint density at radius 3 is 2.36 bits per heavy atom. The van der Waals surface area contributed by atoms with Crippen molar-refractivity contribution in [3.63, 3.8) is 0 Å². The maximum absolute atomic E-state index is 14.7. The van der Waals surface area contributed by atoms with E-state index < -0.39 is 28.6 Å². The van der Waals surface area contributed by atoms with Crippen LogP contribution in [0, 0.1) is 5.82 Å². The van der Waals surface area contributed by atoms with Crippen LogP contribution in [0.1, 0.15) is 22.0 Å². The Morgan fingerprint density at radius 2 is 1.80 bits per heavy atom. The number of benzene rings is 1. The van der Waals surface area contributed by atoms with Gasteiger partial charge in [0, 0.05) is 36.6 Å². The van der Waals surface area contributed by atoms with E-state index in [2.05, 4.69) is 5.32 Å². The molecule has 0 bridgehead atoms. The fraction of sp³-hybridized carbons (Fsp3) is 0.375. The van der Waals surface area contributed by atoms with Gasteiger partial charge in [-0.1, -0.05) is 23.2 Å². The second-order valence-electron chi connectivity index (χ2n) is 5.69. The molecule has 2 nitrogen and oxygen atoms in total. The molecule has 1 aromatic heterocycles. The summed E-state index contributed by atoms with van der Waals surface area (Å²) in [5, 5.41) is 2.64. The first-order valence-electron chi connectivity index (χ1n) is 7.53. The van der Waals surface area contributed by atoms with Gasteiger partial charge in [0.2, 0.25) is 0 Å². The van der Waals surface area contributed by atoms with Crippen molar-refractivity contribution < 1.29 is 17.6 Å². The van der Waals surface area contributed by atoms with Gasteiger partial charge in [-0.3, -0.25) is 4.90 Å². The number of hydrogen-bond acceptors (Lipinski definition) is 3. The van der Waals surface area contributed by atoms with Crippen LogP contribution in [-0.2, 0) is 6.18 Å². The lowest BCUT2D eigenvalue weighted by atomic mass is 9.99. The van der Waals surface area contributed by atoms with Gasteiger partial charge in [-0.2, -0.15) is 13.2 Å². The molecule has 0 aliphatic carbocycles. The molecule has 3 rings (SSSR count). The summed E-state index contributed by atoms with van der Waals surface area (Å²) < 4.78 is 54.7. The molecule has 1 aliphatic heterocycles. The lowest BCUT2D eigenvalue weighted by Gasteiger charge is -2.35. The summed E-state index contributed by atoms with van der Waals surface area (Å²) in [4.78, 5) is 2.62. The average Bonchev–Trinajstić information content (AvgIpc) is 2.97. The molecule has 25 heavy (non-hydrogen) atoms. The third kappa shape index (κ3) is 4.11. The number of rotatable bonds is 3. The first-order valence-corrected chi connectivity index (χ1v) is 9.11. The summed E-state index contributed by atoms with van der Waals surface area (Å²) in [6.45, 7) is 2.49. The van der Waals surface area contributed by atoms with Gasteiger partial charge >= 0.3 is 6.18 Å². The first-order chi connectivity index (χ1) is 11.8. The molecule has 2 heterocycles. The zero-order valence-corrected chi connectivity index (χ0v) is 15.2. The summed E-state index contributed by atoms with van der Waals surface area (Å²) in [5.74, 6) is -0.831. The van der Waals surface area contributed by atoms with Gasteiger partial charge in [0.15, 0.2) is 0 Å². The smallest absolute Gasteiger partial charge is 0.314 e. The maximum atomic E-state index is 14.7. The monoisotopic (exact) mass is 412 g/mol. The van der Waals surface area contributed by atoms with E-state index in [1.54, 1.807) is 12.1 Å². The molecule has 1 aliphatic rings. The van der Waals surface area contributed by atoms with Gasteiger partial charge in [-0.15, -0.1) is 11.3 Å². The van der Waals surface area contributed by atoms with Crippen LogP contribution in [0.15, 0.2) is 24.3 Å². The second kappa shape index (κ2) is 7.40. The number of alkyl halides is 3. The van der Waals surface area contributed by atoms with E-state index in [1.807, 2.05) is 4.90 Å². The predicted molar refractivity (Wildman–Crippen MR) is 92.0 cm³/mol. The van der Waals surface area contributed by atoms with Crippen molar-refractivity contribution in [1.82, 2.24) is 10.2 Å². The van der Waals surface area contributed by atoms with Crippen LogP contribution < -0.4 is 5.32 Å². The molecule has 0 saturated carbocycles. The highest BCUT2D eigenvalue weighted by Gasteiger charge is 2.35. The third-order valence-corrected chi connectivity index (χ3v) is 5.62. The molecule has 0 radical (unpaired) electrons. The van der Waals surface area contributed by atoms with E-state index in [0.717, 1.165) is 6.07 Å². The number of nitrogens with zero attached hydrogens (tertiary/aromatic N) is 1. The predicted octanol–water partition coefficient (Wildman–Crippen LogP) is 5.21.